The van der Waals surface area contributed by atoms with Gasteiger partial charge in [-0.05, 0) is 24.3 Å². The standard InChI is InChI=1S/C11H12N4O/c12-5-8-1-3-10(4-2-8)14-11(16)15-6-9(13)7-15/h1-4,9H,6-7,13H2,(H,14,16). The fraction of sp³-hybridized carbons (Fsp3) is 0.273. The first-order chi connectivity index (χ1) is 7.69. The van der Waals surface area contributed by atoms with E-state index in [9.17, 15) is 4.79 Å². The van der Waals surface area contributed by atoms with Crippen LogP contribution in [-0.2, 0) is 0 Å². The van der Waals surface area contributed by atoms with Gasteiger partial charge in [0.25, 0.3) is 0 Å². The van der Waals surface area contributed by atoms with Gasteiger partial charge < -0.3 is 16.0 Å². The number of amides is 2. The van der Waals surface area contributed by atoms with E-state index >= 15 is 0 Å². The van der Waals surface area contributed by atoms with Crippen LogP contribution in [0.25, 0.3) is 0 Å². The average Bonchev–Trinajstić information content (AvgIpc) is 2.26. The van der Waals surface area contributed by atoms with E-state index in [0.717, 1.165) is 0 Å². The maximum Gasteiger partial charge on any atom is 0.321 e. The number of urea groups is 1. The van der Waals surface area contributed by atoms with Crippen molar-refractivity contribution in [2.24, 2.45) is 5.73 Å². The highest BCUT2D eigenvalue weighted by atomic mass is 16.2. The minimum absolute atomic E-state index is 0.103. The van der Waals surface area contributed by atoms with Gasteiger partial charge in [-0.3, -0.25) is 0 Å². The van der Waals surface area contributed by atoms with E-state index in [2.05, 4.69) is 5.32 Å². The molecule has 1 aromatic rings. The van der Waals surface area contributed by atoms with E-state index in [-0.39, 0.29) is 12.1 Å². The Kier molecular flexibility index (Phi) is 2.75. The summed E-state index contributed by atoms with van der Waals surface area (Å²) in [4.78, 5) is 13.2. The third-order valence-electron chi connectivity index (χ3n) is 2.46. The van der Waals surface area contributed by atoms with Crippen molar-refractivity contribution in [3.8, 4) is 6.07 Å². The van der Waals surface area contributed by atoms with Crippen molar-refractivity contribution in [2.45, 2.75) is 6.04 Å². The van der Waals surface area contributed by atoms with Crippen LogP contribution in [0.5, 0.6) is 0 Å². The molecule has 0 radical (unpaired) electrons. The molecule has 1 aliphatic heterocycles. The predicted molar refractivity (Wildman–Crippen MR) is 59.7 cm³/mol. The maximum absolute atomic E-state index is 11.6. The first-order valence-electron chi connectivity index (χ1n) is 5.00. The number of carbonyl (C=O) groups excluding carboxylic acids is 1. The number of anilines is 1. The largest absolute Gasteiger partial charge is 0.325 e. The molecule has 82 valence electrons. The molecule has 16 heavy (non-hydrogen) atoms. The summed E-state index contributed by atoms with van der Waals surface area (Å²) in [6.07, 6.45) is 0. The van der Waals surface area contributed by atoms with Crippen LogP contribution in [0.15, 0.2) is 24.3 Å². The predicted octanol–water partition coefficient (Wildman–Crippen LogP) is 0.733. The minimum atomic E-state index is -0.147. The zero-order chi connectivity index (χ0) is 11.5. The Bertz CT molecular complexity index is 428. The number of benzene rings is 1. The van der Waals surface area contributed by atoms with Gasteiger partial charge in [0.1, 0.15) is 0 Å². The molecular formula is C11H12N4O. The van der Waals surface area contributed by atoms with Crippen LogP contribution in [0.2, 0.25) is 0 Å². The summed E-state index contributed by atoms with van der Waals surface area (Å²) in [5, 5.41) is 11.4. The fourth-order valence-corrected chi connectivity index (χ4v) is 1.51. The number of nitrogens with two attached hydrogens (primary N) is 1. The number of carbonyl (C=O) groups is 1. The summed E-state index contributed by atoms with van der Waals surface area (Å²) < 4.78 is 0. The van der Waals surface area contributed by atoms with Crippen molar-refractivity contribution in [2.75, 3.05) is 18.4 Å². The van der Waals surface area contributed by atoms with Crippen LogP contribution in [-0.4, -0.2) is 30.1 Å². The van der Waals surface area contributed by atoms with Gasteiger partial charge in [0.15, 0.2) is 0 Å². The van der Waals surface area contributed by atoms with Crippen molar-refractivity contribution in [1.29, 1.82) is 5.26 Å². The highest BCUT2D eigenvalue weighted by Crippen LogP contribution is 2.12. The Morgan fingerprint density at radius 3 is 2.56 bits per heavy atom. The average molecular weight is 216 g/mol. The highest BCUT2D eigenvalue weighted by molar-refractivity contribution is 5.89. The zero-order valence-electron chi connectivity index (χ0n) is 8.68. The fourth-order valence-electron chi connectivity index (χ4n) is 1.51. The normalized spacial score (nSPS) is 15.1. The molecule has 2 rings (SSSR count). The number of likely N-dealkylation sites (tertiary alicyclic amines) is 1. The number of hydrogen-bond acceptors (Lipinski definition) is 3. The molecule has 0 unspecified atom stereocenters. The highest BCUT2D eigenvalue weighted by Gasteiger charge is 2.27. The van der Waals surface area contributed by atoms with E-state index in [1.165, 1.54) is 0 Å². The lowest BCUT2D eigenvalue weighted by Gasteiger charge is -2.36. The number of hydrogen-bond donors (Lipinski definition) is 2. The van der Waals surface area contributed by atoms with E-state index < -0.39 is 0 Å². The van der Waals surface area contributed by atoms with Crippen LogP contribution < -0.4 is 11.1 Å². The third kappa shape index (κ3) is 2.12. The summed E-state index contributed by atoms with van der Waals surface area (Å²) in [5.41, 5.74) is 6.84. The first kappa shape index (κ1) is 10.5. The van der Waals surface area contributed by atoms with E-state index in [1.807, 2.05) is 6.07 Å². The molecule has 0 atom stereocenters. The molecule has 3 N–H and O–H groups in total. The van der Waals surface area contributed by atoms with Crippen LogP contribution in [0, 0.1) is 11.3 Å². The van der Waals surface area contributed by atoms with Gasteiger partial charge in [-0.15, -0.1) is 0 Å². The molecular weight excluding hydrogens is 204 g/mol. The van der Waals surface area contributed by atoms with Crippen molar-refractivity contribution >= 4 is 11.7 Å². The van der Waals surface area contributed by atoms with Gasteiger partial charge in [0, 0.05) is 24.8 Å². The van der Waals surface area contributed by atoms with E-state index in [0.29, 0.717) is 24.3 Å². The van der Waals surface area contributed by atoms with Crippen molar-refractivity contribution < 1.29 is 4.79 Å². The summed E-state index contributed by atoms with van der Waals surface area (Å²) in [7, 11) is 0. The van der Waals surface area contributed by atoms with Gasteiger partial charge in [-0.25, -0.2) is 4.79 Å². The Hall–Kier alpha value is -2.06. The van der Waals surface area contributed by atoms with E-state index in [1.54, 1.807) is 29.2 Å². The number of nitriles is 1. The molecule has 0 aliphatic carbocycles. The van der Waals surface area contributed by atoms with Gasteiger partial charge >= 0.3 is 6.03 Å². The second-order valence-corrected chi connectivity index (χ2v) is 3.78. The van der Waals surface area contributed by atoms with Gasteiger partial charge in [0.2, 0.25) is 0 Å². The SMILES string of the molecule is N#Cc1ccc(NC(=O)N2CC(N)C2)cc1. The topological polar surface area (TPSA) is 82.2 Å². The van der Waals surface area contributed by atoms with Crippen LogP contribution in [0.4, 0.5) is 10.5 Å². The summed E-state index contributed by atoms with van der Waals surface area (Å²) >= 11 is 0. The number of nitrogens with zero attached hydrogens (tertiary/aromatic N) is 2. The quantitative estimate of drug-likeness (QED) is 0.726. The van der Waals surface area contributed by atoms with Gasteiger partial charge in [-0.1, -0.05) is 0 Å². The molecule has 0 spiro atoms. The minimum Gasteiger partial charge on any atom is -0.325 e. The lowest BCUT2D eigenvalue weighted by molar-refractivity contribution is 0.165. The summed E-state index contributed by atoms with van der Waals surface area (Å²) in [6, 6.07) is 8.71. The molecule has 0 saturated carbocycles. The molecule has 0 bridgehead atoms. The third-order valence-corrected chi connectivity index (χ3v) is 2.46. The first-order valence-corrected chi connectivity index (χ1v) is 5.00. The van der Waals surface area contributed by atoms with E-state index in [4.69, 9.17) is 11.0 Å². The molecule has 1 saturated heterocycles. The Balaban J connectivity index is 1.94. The molecule has 1 aliphatic rings. The number of rotatable bonds is 1. The van der Waals surface area contributed by atoms with Crippen molar-refractivity contribution in [3.63, 3.8) is 0 Å². The van der Waals surface area contributed by atoms with Crippen LogP contribution in [0.3, 0.4) is 0 Å². The van der Waals surface area contributed by atoms with Gasteiger partial charge in [0.05, 0.1) is 11.6 Å². The van der Waals surface area contributed by atoms with Crippen molar-refractivity contribution in [3.05, 3.63) is 29.8 Å². The van der Waals surface area contributed by atoms with Crippen LogP contribution in [0.1, 0.15) is 5.56 Å². The molecule has 0 aromatic heterocycles. The molecule has 1 aromatic carbocycles. The Morgan fingerprint density at radius 1 is 1.44 bits per heavy atom. The molecule has 5 nitrogen and oxygen atoms in total. The lowest BCUT2D eigenvalue weighted by Crippen LogP contribution is -2.58. The van der Waals surface area contributed by atoms with Crippen LogP contribution >= 0.6 is 0 Å². The number of nitrogens with one attached hydrogen (secondary N) is 1. The Labute approximate surface area is 93.5 Å². The molecule has 1 fully saturated rings. The molecule has 2 amide bonds. The molecule has 5 heteroatoms. The monoisotopic (exact) mass is 216 g/mol. The summed E-state index contributed by atoms with van der Waals surface area (Å²) in [5.74, 6) is 0. The zero-order valence-corrected chi connectivity index (χ0v) is 8.68. The Morgan fingerprint density at radius 2 is 2.06 bits per heavy atom. The summed E-state index contributed by atoms with van der Waals surface area (Å²) in [6.45, 7) is 1.20. The van der Waals surface area contributed by atoms with Gasteiger partial charge in [-0.2, -0.15) is 5.26 Å². The van der Waals surface area contributed by atoms with Crippen molar-refractivity contribution in [1.82, 2.24) is 4.90 Å². The molecule has 1 heterocycles. The lowest BCUT2D eigenvalue weighted by atomic mass is 10.1. The second kappa shape index (κ2) is 4.21. The maximum atomic E-state index is 11.6. The second-order valence-electron chi connectivity index (χ2n) is 3.78. The smallest absolute Gasteiger partial charge is 0.321 e.